The molecule has 0 saturated carbocycles. The molecular weight excluding hydrogens is 286 g/mol. The van der Waals surface area contributed by atoms with E-state index in [2.05, 4.69) is 24.3 Å². The van der Waals surface area contributed by atoms with Gasteiger partial charge in [-0.2, -0.15) is 5.10 Å². The first-order chi connectivity index (χ1) is 9.99. The van der Waals surface area contributed by atoms with Gasteiger partial charge in [0.05, 0.1) is 23.9 Å². The normalized spacial score (nSPS) is 12.5. The van der Waals surface area contributed by atoms with Crippen molar-refractivity contribution >= 4 is 11.6 Å². The average Bonchev–Trinajstić information content (AvgIpc) is 2.71. The molecule has 1 N–H and O–H groups in total. The molecule has 0 saturated heterocycles. The number of ether oxygens (including phenoxy) is 1. The van der Waals surface area contributed by atoms with Crippen LogP contribution in [0.4, 0.5) is 0 Å². The van der Waals surface area contributed by atoms with Crippen molar-refractivity contribution in [2.75, 3.05) is 13.7 Å². The molecule has 1 heterocycles. The van der Waals surface area contributed by atoms with Crippen LogP contribution in [0, 0.1) is 13.8 Å². The van der Waals surface area contributed by atoms with Crippen molar-refractivity contribution in [1.82, 2.24) is 15.1 Å². The van der Waals surface area contributed by atoms with Gasteiger partial charge in [0, 0.05) is 18.3 Å². The summed E-state index contributed by atoms with van der Waals surface area (Å²) in [5.41, 5.74) is 4.53. The van der Waals surface area contributed by atoms with Gasteiger partial charge in [-0.1, -0.05) is 24.6 Å². The fraction of sp³-hybridized carbons (Fsp3) is 0.438. The van der Waals surface area contributed by atoms with Crippen LogP contribution in [0.15, 0.2) is 18.2 Å². The highest BCUT2D eigenvalue weighted by Gasteiger charge is 2.22. The second-order valence-electron chi connectivity index (χ2n) is 5.09. The number of aryl methyl sites for hydroxylation is 2. The SMILES string of the molecule is CCNC(c1ccc(Cl)c(OC)c1)c1c(C)nn(C)c1C. The van der Waals surface area contributed by atoms with E-state index in [4.69, 9.17) is 16.3 Å². The third-order valence-electron chi connectivity index (χ3n) is 3.77. The smallest absolute Gasteiger partial charge is 0.137 e. The third kappa shape index (κ3) is 3.06. The van der Waals surface area contributed by atoms with Gasteiger partial charge in [0.15, 0.2) is 0 Å². The van der Waals surface area contributed by atoms with Crippen LogP contribution in [0.3, 0.4) is 0 Å². The van der Waals surface area contributed by atoms with E-state index in [1.165, 1.54) is 5.56 Å². The molecule has 5 heteroatoms. The van der Waals surface area contributed by atoms with Gasteiger partial charge in [-0.15, -0.1) is 0 Å². The lowest BCUT2D eigenvalue weighted by atomic mass is 9.96. The Labute approximate surface area is 131 Å². The van der Waals surface area contributed by atoms with Gasteiger partial charge in [0.2, 0.25) is 0 Å². The number of hydrogen-bond acceptors (Lipinski definition) is 3. The zero-order valence-corrected chi connectivity index (χ0v) is 14.0. The molecule has 0 radical (unpaired) electrons. The molecule has 0 bridgehead atoms. The lowest BCUT2D eigenvalue weighted by molar-refractivity contribution is 0.414. The van der Waals surface area contributed by atoms with Crippen molar-refractivity contribution in [3.05, 3.63) is 45.7 Å². The van der Waals surface area contributed by atoms with Crippen molar-refractivity contribution in [2.45, 2.75) is 26.8 Å². The zero-order chi connectivity index (χ0) is 15.6. The zero-order valence-electron chi connectivity index (χ0n) is 13.2. The molecule has 0 amide bonds. The summed E-state index contributed by atoms with van der Waals surface area (Å²) in [6, 6.07) is 5.97. The van der Waals surface area contributed by atoms with Crippen molar-refractivity contribution < 1.29 is 4.74 Å². The first-order valence-corrected chi connectivity index (χ1v) is 7.44. The molecule has 0 aliphatic rings. The van der Waals surface area contributed by atoms with Crippen LogP contribution in [-0.2, 0) is 7.05 Å². The molecule has 114 valence electrons. The molecule has 2 rings (SSSR count). The summed E-state index contributed by atoms with van der Waals surface area (Å²) in [5.74, 6) is 0.691. The molecular formula is C16H22ClN3O. The average molecular weight is 308 g/mol. The Morgan fingerprint density at radius 3 is 2.62 bits per heavy atom. The maximum absolute atomic E-state index is 6.13. The van der Waals surface area contributed by atoms with Crippen LogP contribution in [-0.4, -0.2) is 23.4 Å². The number of halogens is 1. The molecule has 1 atom stereocenters. The van der Waals surface area contributed by atoms with Gasteiger partial charge >= 0.3 is 0 Å². The minimum Gasteiger partial charge on any atom is -0.495 e. The van der Waals surface area contributed by atoms with Gasteiger partial charge < -0.3 is 10.1 Å². The largest absolute Gasteiger partial charge is 0.495 e. The van der Waals surface area contributed by atoms with Crippen molar-refractivity contribution in [2.24, 2.45) is 7.05 Å². The first-order valence-electron chi connectivity index (χ1n) is 7.06. The van der Waals surface area contributed by atoms with Crippen LogP contribution in [0.2, 0.25) is 5.02 Å². The van der Waals surface area contributed by atoms with Crippen molar-refractivity contribution in [1.29, 1.82) is 0 Å². The molecule has 21 heavy (non-hydrogen) atoms. The van der Waals surface area contributed by atoms with E-state index in [1.54, 1.807) is 7.11 Å². The van der Waals surface area contributed by atoms with E-state index in [9.17, 15) is 0 Å². The lowest BCUT2D eigenvalue weighted by Gasteiger charge is -2.20. The molecule has 1 aromatic carbocycles. The molecule has 0 aliphatic carbocycles. The van der Waals surface area contributed by atoms with Gasteiger partial charge in [0.1, 0.15) is 5.75 Å². The number of benzene rings is 1. The number of methoxy groups -OCH3 is 1. The fourth-order valence-corrected chi connectivity index (χ4v) is 2.85. The van der Waals surface area contributed by atoms with Gasteiger partial charge in [-0.3, -0.25) is 4.68 Å². The Morgan fingerprint density at radius 1 is 1.38 bits per heavy atom. The van der Waals surface area contributed by atoms with Gasteiger partial charge in [0.25, 0.3) is 0 Å². The Morgan fingerprint density at radius 2 is 2.10 bits per heavy atom. The second-order valence-corrected chi connectivity index (χ2v) is 5.50. The summed E-state index contributed by atoms with van der Waals surface area (Å²) in [4.78, 5) is 0. The van der Waals surface area contributed by atoms with Crippen molar-refractivity contribution in [3.8, 4) is 5.75 Å². The van der Waals surface area contributed by atoms with E-state index in [-0.39, 0.29) is 6.04 Å². The van der Waals surface area contributed by atoms with Gasteiger partial charge in [-0.25, -0.2) is 0 Å². The second kappa shape index (κ2) is 6.50. The minimum absolute atomic E-state index is 0.0786. The predicted octanol–water partition coefficient (Wildman–Crippen LogP) is 3.40. The number of nitrogens with zero attached hydrogens (tertiary/aromatic N) is 2. The molecule has 1 aromatic heterocycles. The number of rotatable bonds is 5. The summed E-state index contributed by atoms with van der Waals surface area (Å²) >= 11 is 6.13. The van der Waals surface area contributed by atoms with Gasteiger partial charge in [-0.05, 0) is 38.1 Å². The maximum Gasteiger partial charge on any atom is 0.137 e. The highest BCUT2D eigenvalue weighted by Crippen LogP contribution is 2.32. The van der Waals surface area contributed by atoms with E-state index in [0.717, 1.165) is 23.5 Å². The molecule has 0 aliphatic heterocycles. The van der Waals surface area contributed by atoms with Crippen LogP contribution < -0.4 is 10.1 Å². The third-order valence-corrected chi connectivity index (χ3v) is 4.08. The minimum atomic E-state index is 0.0786. The van der Waals surface area contributed by atoms with E-state index in [0.29, 0.717) is 10.8 Å². The van der Waals surface area contributed by atoms with Crippen LogP contribution >= 0.6 is 11.6 Å². The van der Waals surface area contributed by atoms with Crippen LogP contribution in [0.25, 0.3) is 0 Å². The molecule has 0 fully saturated rings. The predicted molar refractivity (Wildman–Crippen MR) is 86.2 cm³/mol. The van der Waals surface area contributed by atoms with Crippen LogP contribution in [0.1, 0.15) is 35.5 Å². The summed E-state index contributed by atoms with van der Waals surface area (Å²) in [5, 5.41) is 8.67. The van der Waals surface area contributed by atoms with E-state index in [1.807, 2.05) is 36.9 Å². The number of aromatic nitrogens is 2. The molecule has 1 unspecified atom stereocenters. The highest BCUT2D eigenvalue weighted by atomic mass is 35.5. The highest BCUT2D eigenvalue weighted by molar-refractivity contribution is 6.32. The number of hydrogen-bond donors (Lipinski definition) is 1. The Balaban J connectivity index is 2.53. The Kier molecular flexibility index (Phi) is 4.91. The molecule has 2 aromatic rings. The maximum atomic E-state index is 6.13. The summed E-state index contributed by atoms with van der Waals surface area (Å²) in [6.07, 6.45) is 0. The summed E-state index contributed by atoms with van der Waals surface area (Å²) in [6.45, 7) is 7.09. The van der Waals surface area contributed by atoms with Crippen LogP contribution in [0.5, 0.6) is 5.75 Å². The first kappa shape index (κ1) is 15.9. The van der Waals surface area contributed by atoms with E-state index < -0.39 is 0 Å². The molecule has 4 nitrogen and oxygen atoms in total. The monoisotopic (exact) mass is 307 g/mol. The fourth-order valence-electron chi connectivity index (χ4n) is 2.65. The summed E-state index contributed by atoms with van der Waals surface area (Å²) < 4.78 is 7.25. The lowest BCUT2D eigenvalue weighted by Crippen LogP contribution is -2.23. The summed E-state index contributed by atoms with van der Waals surface area (Å²) in [7, 11) is 3.60. The quantitative estimate of drug-likeness (QED) is 0.920. The van der Waals surface area contributed by atoms with Crippen molar-refractivity contribution in [3.63, 3.8) is 0 Å². The Bertz CT molecular complexity index is 637. The Hall–Kier alpha value is -1.52. The molecule has 0 spiro atoms. The standard InChI is InChI=1S/C16H22ClN3O/c1-6-18-16(15-10(2)19-20(4)11(15)3)12-7-8-13(17)14(9-12)21-5/h7-9,16,18H,6H2,1-5H3. The topological polar surface area (TPSA) is 39.1 Å². The van der Waals surface area contributed by atoms with E-state index >= 15 is 0 Å². The number of nitrogens with one attached hydrogen (secondary N) is 1.